The summed E-state index contributed by atoms with van der Waals surface area (Å²) < 4.78 is 14.7. The third kappa shape index (κ3) is 10.6. The summed E-state index contributed by atoms with van der Waals surface area (Å²) >= 11 is 0. The molecule has 72 valence electrons. The smallest absolute Gasteiger partial charge is 1.00 e. The van der Waals surface area contributed by atoms with Crippen molar-refractivity contribution in [3.63, 3.8) is 0 Å². The van der Waals surface area contributed by atoms with E-state index < -0.39 is 8.25 Å². The monoisotopic (exact) mass is 232 g/mol. The molecular formula is C7H15CaNO3P+. The maximum atomic E-state index is 10.2. The van der Waals surface area contributed by atoms with E-state index in [4.69, 9.17) is 4.89 Å². The molecule has 4 nitrogen and oxygen atoms in total. The molecule has 0 spiro atoms. The molecule has 1 unspecified atom stereocenters. The Labute approximate surface area is 112 Å². The molecular weight excluding hydrogens is 217 g/mol. The first-order valence-electron chi connectivity index (χ1n) is 3.44. The van der Waals surface area contributed by atoms with Crippen LogP contribution in [0.4, 0.5) is 0 Å². The molecule has 1 atom stereocenters. The molecule has 0 aliphatic heterocycles. The minimum absolute atomic E-state index is 0. The summed E-state index contributed by atoms with van der Waals surface area (Å²) in [5, 5.41) is 0. The first-order chi connectivity index (χ1) is 5.70. The van der Waals surface area contributed by atoms with Crippen LogP contribution in [0, 0.1) is 0 Å². The zero-order valence-electron chi connectivity index (χ0n) is 9.56. The summed E-state index contributed by atoms with van der Waals surface area (Å²) in [5.41, 5.74) is 0. The second-order valence-corrected chi connectivity index (χ2v) is 2.84. The molecule has 0 radical (unpaired) electrons. The maximum Gasteiger partial charge on any atom is 2.00 e. The molecule has 0 rings (SSSR count). The van der Waals surface area contributed by atoms with Crippen molar-refractivity contribution in [2.24, 2.45) is 0 Å². The summed E-state index contributed by atoms with van der Waals surface area (Å²) in [4.78, 5) is 10.1. The van der Waals surface area contributed by atoms with Gasteiger partial charge in [0.05, 0.1) is 0 Å². The van der Waals surface area contributed by atoms with E-state index in [-0.39, 0.29) is 47.3 Å². The summed E-state index contributed by atoms with van der Waals surface area (Å²) in [7, 11) is -2.51. The van der Waals surface area contributed by atoms with Gasteiger partial charge in [-0.2, -0.15) is 0 Å². The van der Waals surface area contributed by atoms with Gasteiger partial charge < -0.3 is 2.85 Å². The van der Waals surface area contributed by atoms with Crippen LogP contribution in [-0.2, 0) is 9.09 Å². The van der Waals surface area contributed by atoms with Crippen LogP contribution >= 0.6 is 8.25 Å². The number of rotatable bonds is 7. The molecule has 0 bridgehead atoms. The predicted octanol–water partition coefficient (Wildman–Crippen LogP) is 1.13. The van der Waals surface area contributed by atoms with E-state index >= 15 is 0 Å². The molecule has 13 heavy (non-hydrogen) atoms. The van der Waals surface area contributed by atoms with Crippen LogP contribution in [0.1, 0.15) is 2.85 Å². The Morgan fingerprint density at radius 3 is 2.23 bits per heavy atom. The molecule has 0 heterocycles. The molecule has 1 N–H and O–H groups in total. The summed E-state index contributed by atoms with van der Waals surface area (Å²) in [6.07, 6.45) is 3.38. The average molecular weight is 232 g/mol. The van der Waals surface area contributed by atoms with Gasteiger partial charge in [0, 0.05) is 17.7 Å². The Hall–Kier alpha value is 0.720. The SMILES string of the molecule is C=CCN(CC=C)CO[P+](=O)O.[Ca+2].[H-].[H-]. The van der Waals surface area contributed by atoms with Crippen LogP contribution in [0.15, 0.2) is 25.3 Å². The Kier molecular flexibility index (Phi) is 13.4. The van der Waals surface area contributed by atoms with E-state index in [1.807, 2.05) is 0 Å². The Bertz CT molecular complexity index is 176. The van der Waals surface area contributed by atoms with Gasteiger partial charge in [-0.15, -0.1) is 22.6 Å². The second-order valence-electron chi connectivity index (χ2n) is 2.11. The third-order valence-corrected chi connectivity index (χ3v) is 1.46. The quantitative estimate of drug-likeness (QED) is 0.309. The first kappa shape index (κ1) is 16.2. The molecule has 0 aliphatic rings. The van der Waals surface area contributed by atoms with Crippen molar-refractivity contribution >= 4 is 46.0 Å². The Balaban J connectivity index is -0.000000202. The first-order valence-corrected chi connectivity index (χ1v) is 4.57. The van der Waals surface area contributed by atoms with Crippen LogP contribution in [-0.4, -0.2) is 67.4 Å². The fourth-order valence-electron chi connectivity index (χ4n) is 0.676. The molecule has 0 saturated heterocycles. The van der Waals surface area contributed by atoms with Crippen molar-refractivity contribution in [3.05, 3.63) is 25.3 Å². The van der Waals surface area contributed by atoms with Gasteiger partial charge in [0.1, 0.15) is 0 Å². The van der Waals surface area contributed by atoms with Crippen LogP contribution < -0.4 is 0 Å². The van der Waals surface area contributed by atoms with Crippen molar-refractivity contribution < 1.29 is 16.8 Å². The van der Waals surface area contributed by atoms with Crippen molar-refractivity contribution in [2.45, 2.75) is 0 Å². The standard InChI is InChI=1S/C7H12NO3P.Ca.2H/c1-3-5-8(6-4-2)7-11-12(9)10;;;/h3-4H,1-2,5-7H2;;;/q;+2;2*-1/p+1. The number of hydrogen-bond donors (Lipinski definition) is 1. The van der Waals surface area contributed by atoms with Gasteiger partial charge in [-0.1, -0.05) is 12.2 Å². The van der Waals surface area contributed by atoms with Gasteiger partial charge in [-0.05, 0) is 0 Å². The largest absolute Gasteiger partial charge is 2.00 e. The fraction of sp³-hybridized carbons (Fsp3) is 0.429. The van der Waals surface area contributed by atoms with Crippen LogP contribution in [0.2, 0.25) is 0 Å². The third-order valence-electron chi connectivity index (χ3n) is 1.13. The van der Waals surface area contributed by atoms with Gasteiger partial charge in [-0.3, -0.25) is 4.90 Å². The molecule has 0 aromatic heterocycles. The van der Waals surface area contributed by atoms with Gasteiger partial charge in [0.25, 0.3) is 0 Å². The molecule has 0 aromatic rings. The fourth-order valence-corrected chi connectivity index (χ4v) is 0.938. The van der Waals surface area contributed by atoms with E-state index in [0.29, 0.717) is 13.1 Å². The Morgan fingerprint density at radius 2 is 1.92 bits per heavy atom. The molecule has 0 fully saturated rings. The van der Waals surface area contributed by atoms with E-state index in [2.05, 4.69) is 17.7 Å². The van der Waals surface area contributed by atoms with Crippen molar-refractivity contribution in [2.75, 3.05) is 19.8 Å². The predicted molar refractivity (Wildman–Crippen MR) is 55.7 cm³/mol. The molecule has 0 saturated carbocycles. The maximum absolute atomic E-state index is 10.2. The van der Waals surface area contributed by atoms with E-state index in [0.717, 1.165) is 0 Å². The zero-order chi connectivity index (χ0) is 9.40. The van der Waals surface area contributed by atoms with Gasteiger partial charge in [-0.25, -0.2) is 0 Å². The Morgan fingerprint density at radius 1 is 1.46 bits per heavy atom. The summed E-state index contributed by atoms with van der Waals surface area (Å²) in [6.45, 7) is 8.41. The van der Waals surface area contributed by atoms with E-state index in [1.54, 1.807) is 17.1 Å². The molecule has 0 aromatic carbocycles. The molecule has 6 heteroatoms. The van der Waals surface area contributed by atoms with E-state index in [1.165, 1.54) is 0 Å². The van der Waals surface area contributed by atoms with Crippen molar-refractivity contribution in [3.8, 4) is 0 Å². The zero-order valence-corrected chi connectivity index (χ0v) is 10.7. The number of hydrogen-bond acceptors (Lipinski definition) is 3. The van der Waals surface area contributed by atoms with E-state index in [9.17, 15) is 4.57 Å². The van der Waals surface area contributed by atoms with Crippen LogP contribution in [0.3, 0.4) is 0 Å². The van der Waals surface area contributed by atoms with Gasteiger partial charge in [0.15, 0.2) is 6.73 Å². The van der Waals surface area contributed by atoms with Gasteiger partial charge >= 0.3 is 46.0 Å². The normalized spacial score (nSPS) is 10.5. The van der Waals surface area contributed by atoms with Crippen LogP contribution in [0.25, 0.3) is 0 Å². The van der Waals surface area contributed by atoms with Crippen molar-refractivity contribution in [1.82, 2.24) is 4.90 Å². The number of nitrogens with zero attached hydrogens (tertiary/aromatic N) is 1. The molecule has 0 amide bonds. The average Bonchev–Trinajstić information content (AvgIpc) is 2.01. The summed E-state index contributed by atoms with van der Waals surface area (Å²) in [6, 6.07) is 0. The second kappa shape index (κ2) is 10.8. The molecule has 0 aliphatic carbocycles. The minimum atomic E-state index is -2.51. The minimum Gasteiger partial charge on any atom is -1.00 e. The summed E-state index contributed by atoms with van der Waals surface area (Å²) in [5.74, 6) is 0. The topological polar surface area (TPSA) is 49.8 Å². The van der Waals surface area contributed by atoms with Crippen LogP contribution in [0.5, 0.6) is 0 Å². The van der Waals surface area contributed by atoms with Crippen molar-refractivity contribution in [1.29, 1.82) is 0 Å². The van der Waals surface area contributed by atoms with Gasteiger partial charge in [0.2, 0.25) is 0 Å².